The summed E-state index contributed by atoms with van der Waals surface area (Å²) in [6.07, 6.45) is 3.78. The van der Waals surface area contributed by atoms with Crippen LogP contribution in [0.25, 0.3) is 0 Å². The lowest BCUT2D eigenvalue weighted by molar-refractivity contribution is -0.129. The summed E-state index contributed by atoms with van der Waals surface area (Å²) < 4.78 is 0. The van der Waals surface area contributed by atoms with E-state index in [0.29, 0.717) is 17.0 Å². The Kier molecular flexibility index (Phi) is 6.09. The maximum absolute atomic E-state index is 11.4. The van der Waals surface area contributed by atoms with Crippen LogP contribution >= 0.6 is 0 Å². The van der Waals surface area contributed by atoms with Gasteiger partial charge in [0.2, 0.25) is 0 Å². The molecule has 1 saturated carbocycles. The summed E-state index contributed by atoms with van der Waals surface area (Å²) in [7, 11) is 1.31. The Hall–Kier alpha value is -3.15. The van der Waals surface area contributed by atoms with Crippen LogP contribution in [0, 0.1) is 5.92 Å². The Morgan fingerprint density at radius 1 is 1.21 bits per heavy atom. The van der Waals surface area contributed by atoms with Crippen molar-refractivity contribution in [2.24, 2.45) is 16.2 Å². The van der Waals surface area contributed by atoms with Crippen LogP contribution < -0.4 is 0 Å². The topological polar surface area (TPSA) is 80.5 Å². The summed E-state index contributed by atoms with van der Waals surface area (Å²) in [6, 6.07) is 17.5. The van der Waals surface area contributed by atoms with Crippen LogP contribution in [0.4, 0.5) is 0 Å². The maximum Gasteiger partial charge on any atom is 0.358 e. The Morgan fingerprint density at radius 3 is 2.64 bits per heavy atom. The standard InChI is InChI=1S/C22H24N2O4/c1-22(17-9-4-3-5-10-17)14-18(22)12-13-23-28-15-16-8-6-7-11-19(16)20(21(25)26)24-27-2/h3-11,13,18H,12,14-15H2,1-2H3,(H,25,26). The molecule has 2 unspecified atom stereocenters. The highest BCUT2D eigenvalue weighted by molar-refractivity contribution is 6.42. The second kappa shape index (κ2) is 8.69. The second-order valence-corrected chi connectivity index (χ2v) is 7.07. The fourth-order valence-electron chi connectivity index (χ4n) is 3.47. The minimum Gasteiger partial charge on any atom is -0.476 e. The van der Waals surface area contributed by atoms with Crippen molar-refractivity contribution in [1.29, 1.82) is 0 Å². The largest absolute Gasteiger partial charge is 0.476 e. The zero-order valence-electron chi connectivity index (χ0n) is 16.0. The Bertz CT molecular complexity index is 879. The predicted octanol–water partition coefficient (Wildman–Crippen LogP) is 3.99. The van der Waals surface area contributed by atoms with Crippen molar-refractivity contribution in [3.05, 3.63) is 71.3 Å². The Morgan fingerprint density at radius 2 is 1.93 bits per heavy atom. The molecule has 0 spiro atoms. The molecular weight excluding hydrogens is 356 g/mol. The summed E-state index contributed by atoms with van der Waals surface area (Å²) in [5.74, 6) is -0.603. The normalized spacial score (nSPS) is 21.5. The number of rotatable bonds is 9. The van der Waals surface area contributed by atoms with Crippen LogP contribution in [-0.4, -0.2) is 30.1 Å². The molecule has 1 aliphatic carbocycles. The van der Waals surface area contributed by atoms with Crippen molar-refractivity contribution < 1.29 is 19.6 Å². The van der Waals surface area contributed by atoms with Gasteiger partial charge in [0.05, 0.1) is 0 Å². The van der Waals surface area contributed by atoms with Gasteiger partial charge in [-0.3, -0.25) is 0 Å². The van der Waals surface area contributed by atoms with Crippen molar-refractivity contribution in [1.82, 2.24) is 0 Å². The van der Waals surface area contributed by atoms with Crippen LogP contribution in [0.3, 0.4) is 0 Å². The van der Waals surface area contributed by atoms with Gasteiger partial charge >= 0.3 is 5.97 Å². The van der Waals surface area contributed by atoms with E-state index in [-0.39, 0.29) is 17.7 Å². The van der Waals surface area contributed by atoms with Crippen LogP contribution in [0.1, 0.15) is 36.5 Å². The summed E-state index contributed by atoms with van der Waals surface area (Å²) in [5, 5.41) is 17.0. The minimum absolute atomic E-state index is 0.156. The lowest BCUT2D eigenvalue weighted by Gasteiger charge is -2.10. The first-order chi connectivity index (χ1) is 13.6. The van der Waals surface area contributed by atoms with E-state index in [1.165, 1.54) is 12.7 Å². The summed E-state index contributed by atoms with van der Waals surface area (Å²) in [6.45, 7) is 2.43. The molecule has 1 fully saturated rings. The molecule has 0 heterocycles. The van der Waals surface area contributed by atoms with Crippen LogP contribution in [0.15, 0.2) is 64.9 Å². The first kappa shape index (κ1) is 19.6. The summed E-state index contributed by atoms with van der Waals surface area (Å²) >= 11 is 0. The van der Waals surface area contributed by atoms with Crippen molar-refractivity contribution in [3.8, 4) is 0 Å². The Labute approximate surface area is 164 Å². The molecule has 0 saturated heterocycles. The highest BCUT2D eigenvalue weighted by Gasteiger charge is 2.50. The van der Waals surface area contributed by atoms with Gasteiger partial charge < -0.3 is 14.8 Å². The van der Waals surface area contributed by atoms with Gasteiger partial charge in [-0.05, 0) is 29.7 Å². The molecule has 2 aromatic carbocycles. The molecule has 2 aromatic rings. The number of carboxylic acids is 1. The summed E-state index contributed by atoms with van der Waals surface area (Å²) in [5.41, 5.74) is 2.54. The van der Waals surface area contributed by atoms with E-state index in [1.807, 2.05) is 12.1 Å². The Balaban J connectivity index is 1.55. The van der Waals surface area contributed by atoms with Gasteiger partial charge in [-0.25, -0.2) is 4.79 Å². The van der Waals surface area contributed by atoms with Crippen molar-refractivity contribution in [2.45, 2.75) is 31.8 Å². The number of oxime groups is 2. The monoisotopic (exact) mass is 380 g/mol. The van der Waals surface area contributed by atoms with Crippen LogP contribution in [0.2, 0.25) is 0 Å². The second-order valence-electron chi connectivity index (χ2n) is 7.07. The molecule has 0 radical (unpaired) electrons. The third kappa shape index (κ3) is 4.39. The van der Waals surface area contributed by atoms with E-state index in [2.05, 4.69) is 46.3 Å². The van der Waals surface area contributed by atoms with Gasteiger partial charge in [0.15, 0.2) is 5.71 Å². The third-order valence-electron chi connectivity index (χ3n) is 5.26. The number of nitrogens with zero attached hydrogens (tertiary/aromatic N) is 2. The average molecular weight is 380 g/mol. The van der Waals surface area contributed by atoms with Gasteiger partial charge in [0.25, 0.3) is 0 Å². The quantitative estimate of drug-likeness (QED) is 0.527. The molecular formula is C22H24N2O4. The number of hydrogen-bond donors (Lipinski definition) is 1. The molecule has 0 bridgehead atoms. The molecule has 0 aromatic heterocycles. The van der Waals surface area contributed by atoms with Crippen molar-refractivity contribution >= 4 is 17.9 Å². The lowest BCUT2D eigenvalue weighted by atomic mass is 9.95. The molecule has 3 rings (SSSR count). The van der Waals surface area contributed by atoms with E-state index in [4.69, 9.17) is 4.84 Å². The van der Waals surface area contributed by atoms with Gasteiger partial charge in [-0.15, -0.1) is 0 Å². The van der Waals surface area contributed by atoms with Crippen molar-refractivity contribution in [2.75, 3.05) is 7.11 Å². The molecule has 6 nitrogen and oxygen atoms in total. The molecule has 0 aliphatic heterocycles. The smallest absolute Gasteiger partial charge is 0.358 e. The van der Waals surface area contributed by atoms with Gasteiger partial charge in [0.1, 0.15) is 13.7 Å². The minimum atomic E-state index is -1.16. The fraction of sp³-hybridized carbons (Fsp3) is 0.318. The number of carboxylic acid groups (broad SMARTS) is 1. The number of carbonyl (C=O) groups is 1. The summed E-state index contributed by atoms with van der Waals surface area (Å²) in [4.78, 5) is 21.4. The molecule has 6 heteroatoms. The number of hydrogen-bond acceptors (Lipinski definition) is 5. The van der Waals surface area contributed by atoms with Gasteiger partial charge in [-0.1, -0.05) is 71.8 Å². The number of benzene rings is 2. The van der Waals surface area contributed by atoms with Gasteiger partial charge in [0, 0.05) is 17.3 Å². The average Bonchev–Trinajstić information content (AvgIpc) is 3.38. The zero-order valence-corrected chi connectivity index (χ0v) is 16.0. The van der Waals surface area contributed by atoms with E-state index in [9.17, 15) is 9.90 Å². The highest BCUT2D eigenvalue weighted by atomic mass is 16.6. The van der Waals surface area contributed by atoms with E-state index >= 15 is 0 Å². The lowest BCUT2D eigenvalue weighted by Crippen LogP contribution is -2.17. The zero-order chi connectivity index (χ0) is 20.0. The van der Waals surface area contributed by atoms with Crippen LogP contribution in [-0.2, 0) is 26.5 Å². The van der Waals surface area contributed by atoms with E-state index in [1.54, 1.807) is 24.4 Å². The van der Waals surface area contributed by atoms with Gasteiger partial charge in [-0.2, -0.15) is 0 Å². The highest BCUT2D eigenvalue weighted by Crippen LogP contribution is 2.55. The number of aliphatic carboxylic acids is 1. The van der Waals surface area contributed by atoms with E-state index in [0.717, 1.165) is 12.8 Å². The molecule has 0 amide bonds. The molecule has 146 valence electrons. The maximum atomic E-state index is 11.4. The van der Waals surface area contributed by atoms with Crippen molar-refractivity contribution in [3.63, 3.8) is 0 Å². The third-order valence-corrected chi connectivity index (χ3v) is 5.26. The molecule has 1 aliphatic rings. The first-order valence-electron chi connectivity index (χ1n) is 9.18. The molecule has 1 N–H and O–H groups in total. The SMILES string of the molecule is CON=C(C(=O)O)c1ccccc1CON=CCC1CC1(C)c1ccccc1. The molecule has 2 atom stereocenters. The predicted molar refractivity (Wildman–Crippen MR) is 107 cm³/mol. The van der Waals surface area contributed by atoms with E-state index < -0.39 is 5.97 Å². The fourth-order valence-corrected chi connectivity index (χ4v) is 3.47. The first-order valence-corrected chi connectivity index (χ1v) is 9.18. The van der Waals surface area contributed by atoms with Crippen LogP contribution in [0.5, 0.6) is 0 Å². The molecule has 28 heavy (non-hydrogen) atoms.